The Balaban J connectivity index is 1.07. The molecule has 4 atom stereocenters. The molecular weight excluding hydrogens is 828 g/mol. The molecule has 61 heavy (non-hydrogen) atoms. The van der Waals surface area contributed by atoms with E-state index in [0.29, 0.717) is 56.9 Å². The maximum Gasteiger partial charge on any atom is 0.435 e. The van der Waals surface area contributed by atoms with Gasteiger partial charge in [0.2, 0.25) is 5.91 Å². The van der Waals surface area contributed by atoms with Gasteiger partial charge in [-0.3, -0.25) is 14.3 Å². The van der Waals surface area contributed by atoms with Crippen molar-refractivity contribution in [2.24, 2.45) is 11.8 Å². The fourth-order valence-electron chi connectivity index (χ4n) is 9.16. The van der Waals surface area contributed by atoms with Crippen LogP contribution in [-0.2, 0) is 41.1 Å². The van der Waals surface area contributed by atoms with E-state index in [2.05, 4.69) is 20.6 Å². The second-order valence-electron chi connectivity index (χ2n) is 15.9. The van der Waals surface area contributed by atoms with Crippen molar-refractivity contribution in [3.05, 3.63) is 118 Å². The Labute approximate surface area is 346 Å². The average molecular weight is 862 g/mol. The second kappa shape index (κ2) is 14.4. The summed E-state index contributed by atoms with van der Waals surface area (Å²) in [5.41, 5.74) is 1.37. The number of nitrogens with one attached hydrogen (secondary N) is 2. The van der Waals surface area contributed by atoms with Crippen LogP contribution in [0.1, 0.15) is 63.0 Å². The molecule has 0 radical (unpaired) electrons. The lowest BCUT2D eigenvalue weighted by Gasteiger charge is -2.28. The van der Waals surface area contributed by atoms with Crippen molar-refractivity contribution in [3.8, 4) is 21.7 Å². The number of morpholine rings is 1. The zero-order valence-electron chi connectivity index (χ0n) is 32.1. The summed E-state index contributed by atoms with van der Waals surface area (Å²) in [6.07, 6.45) is -5.35. The van der Waals surface area contributed by atoms with Gasteiger partial charge in [0, 0.05) is 65.5 Å². The normalized spacial score (nSPS) is 20.6. The quantitative estimate of drug-likeness (QED) is 0.141. The van der Waals surface area contributed by atoms with Crippen molar-refractivity contribution >= 4 is 39.2 Å². The van der Waals surface area contributed by atoms with E-state index in [1.807, 2.05) is 24.3 Å². The predicted octanol–water partition coefficient (Wildman–Crippen LogP) is 8.15. The van der Waals surface area contributed by atoms with Gasteiger partial charge in [0.25, 0.3) is 11.8 Å². The molecule has 2 fully saturated rings. The molecule has 0 bridgehead atoms. The van der Waals surface area contributed by atoms with E-state index < -0.39 is 76.9 Å². The number of nitrogens with zero attached hydrogens (tertiary/aromatic N) is 5. The third-order valence-electron chi connectivity index (χ3n) is 12.0. The van der Waals surface area contributed by atoms with Crippen LogP contribution in [0.25, 0.3) is 32.0 Å². The van der Waals surface area contributed by atoms with E-state index in [1.54, 1.807) is 24.3 Å². The number of halogens is 7. The van der Waals surface area contributed by atoms with Gasteiger partial charge in [-0.1, -0.05) is 19.1 Å². The van der Waals surface area contributed by atoms with Gasteiger partial charge >= 0.3 is 6.18 Å². The van der Waals surface area contributed by atoms with Gasteiger partial charge in [0.15, 0.2) is 11.3 Å². The molecule has 6 aromatic rings. The number of fused-ring (bicyclic) bond motifs is 5. The van der Waals surface area contributed by atoms with Crippen LogP contribution in [-0.4, -0.2) is 57.9 Å². The molecule has 2 aliphatic heterocycles. The number of hydrogen-bond donors (Lipinski definition) is 2. The molecule has 0 spiro atoms. The van der Waals surface area contributed by atoms with Crippen LogP contribution in [0.5, 0.6) is 0 Å². The van der Waals surface area contributed by atoms with Crippen LogP contribution in [0.2, 0.25) is 0 Å². The first-order chi connectivity index (χ1) is 29.1. The summed E-state index contributed by atoms with van der Waals surface area (Å²) in [7, 11) is 0. The number of amides is 2. The minimum absolute atomic E-state index is 0.0863. The molecule has 314 valence electrons. The number of rotatable bonds is 9. The highest BCUT2D eigenvalue weighted by Crippen LogP contribution is 2.71. The molecule has 1 saturated heterocycles. The summed E-state index contributed by atoms with van der Waals surface area (Å²) >= 11 is 1.34. The van der Waals surface area contributed by atoms with E-state index in [-0.39, 0.29) is 29.2 Å². The van der Waals surface area contributed by atoms with Gasteiger partial charge in [-0.25, -0.2) is 18.7 Å². The summed E-state index contributed by atoms with van der Waals surface area (Å²) in [4.78, 5) is 38.8. The molecule has 10 nitrogen and oxygen atoms in total. The van der Waals surface area contributed by atoms with Crippen LogP contribution in [0.4, 0.5) is 36.4 Å². The van der Waals surface area contributed by atoms with E-state index >= 15 is 8.78 Å². The minimum atomic E-state index is -5.05. The lowest BCUT2D eigenvalue weighted by Crippen LogP contribution is -2.36. The highest BCUT2D eigenvalue weighted by Gasteiger charge is 2.72. The van der Waals surface area contributed by atoms with Gasteiger partial charge in [0.05, 0.1) is 29.6 Å². The lowest BCUT2D eigenvalue weighted by molar-refractivity contribution is -0.142. The zero-order chi connectivity index (χ0) is 42.5. The molecule has 3 aromatic heterocycles. The van der Waals surface area contributed by atoms with E-state index in [9.17, 15) is 31.5 Å². The average Bonchev–Trinajstić information content (AvgIpc) is 3.59. The first kappa shape index (κ1) is 39.3. The first-order valence-corrected chi connectivity index (χ1v) is 20.4. The number of thiazole rings is 1. The third kappa shape index (κ3) is 6.89. The Morgan fingerprint density at radius 1 is 0.984 bits per heavy atom. The molecule has 2 aliphatic carbocycles. The van der Waals surface area contributed by atoms with Crippen molar-refractivity contribution in [1.29, 1.82) is 0 Å². The number of aromatic nitrogens is 4. The highest BCUT2D eigenvalue weighted by molar-refractivity contribution is 7.21. The van der Waals surface area contributed by atoms with Gasteiger partial charge < -0.3 is 20.3 Å². The van der Waals surface area contributed by atoms with Gasteiger partial charge in [-0.05, 0) is 77.6 Å². The molecule has 2 N–H and O–H groups in total. The van der Waals surface area contributed by atoms with Gasteiger partial charge in [-0.15, -0.1) is 11.3 Å². The SMILES string of the molecule is C[C@H]1C2[C@H]1c1c(C(F)(F)F)nn(CC(=O)N[C@@H](Cc3cc(F)cc(F)c3)c3nc4nc(-c5ccc(N6CCOCC6)cc5)sc4cc3-c3ccc4c(c3)C(=O)NC4)c1C2(F)F. The number of benzene rings is 3. The van der Waals surface area contributed by atoms with Gasteiger partial charge in [0.1, 0.15) is 28.9 Å². The number of carbonyl (C=O) groups excluding carboxylic acids is 2. The lowest BCUT2D eigenvalue weighted by atomic mass is 9.93. The number of hydrogen-bond acceptors (Lipinski definition) is 8. The number of anilines is 1. The molecule has 1 saturated carbocycles. The topological polar surface area (TPSA) is 114 Å². The molecule has 3 aromatic carbocycles. The van der Waals surface area contributed by atoms with E-state index in [1.165, 1.54) is 18.3 Å². The van der Waals surface area contributed by atoms with Crippen LogP contribution in [0, 0.1) is 23.5 Å². The Hall–Kier alpha value is -5.88. The summed E-state index contributed by atoms with van der Waals surface area (Å²) < 4.78 is 110. The molecular formula is C43H34F7N7O3S. The summed E-state index contributed by atoms with van der Waals surface area (Å²) in [6.45, 7) is 3.52. The number of pyridine rings is 1. The fraction of sp³-hybridized carbons (Fsp3) is 0.326. The largest absolute Gasteiger partial charge is 0.435 e. The predicted molar refractivity (Wildman–Crippen MR) is 210 cm³/mol. The van der Waals surface area contributed by atoms with E-state index in [0.717, 1.165) is 42.0 Å². The molecule has 10 rings (SSSR count). The van der Waals surface area contributed by atoms with E-state index in [4.69, 9.17) is 14.7 Å². The third-order valence-corrected chi connectivity index (χ3v) is 13.1. The number of ether oxygens (including phenoxy) is 1. The first-order valence-electron chi connectivity index (χ1n) is 19.6. The maximum absolute atomic E-state index is 15.7. The molecule has 2 amide bonds. The van der Waals surface area contributed by atoms with Crippen molar-refractivity contribution in [3.63, 3.8) is 0 Å². The summed E-state index contributed by atoms with van der Waals surface area (Å²) in [6, 6.07) is 16.4. The van der Waals surface area contributed by atoms with Crippen molar-refractivity contribution in [2.75, 3.05) is 31.2 Å². The monoisotopic (exact) mass is 861 g/mol. The number of carbonyl (C=O) groups is 2. The summed E-state index contributed by atoms with van der Waals surface area (Å²) in [5, 5.41) is 9.65. The van der Waals surface area contributed by atoms with Crippen LogP contribution in [0.3, 0.4) is 0 Å². The molecule has 1 unspecified atom stereocenters. The van der Waals surface area contributed by atoms with Crippen LogP contribution in [0.15, 0.2) is 66.7 Å². The minimum Gasteiger partial charge on any atom is -0.378 e. The fourth-order valence-corrected chi connectivity index (χ4v) is 10.1. The second-order valence-corrected chi connectivity index (χ2v) is 16.9. The number of alkyl halides is 5. The standard InChI is InChI=1S/C43H34F7N7O3S/c1-20-33-34-37(43(48,49)50)55-57(38(34)42(46,47)35(20)33)19-32(58)52-30(14-21-12-25(44)16-26(45)13-21)36-28(23-2-3-24-18-51-40(59)29(24)15-23)17-31-39(53-36)54-41(61-31)22-4-6-27(7-5-22)56-8-10-60-11-9-56/h2-7,12-13,15-17,20,30,33,35H,8-11,14,18-19H2,1H3,(H,51,59)(H,52,58)/t20-,30+,33-,35?/m1/s1. The molecule has 18 heteroatoms. The molecule has 4 aliphatic rings. The Bertz CT molecular complexity index is 2750. The highest BCUT2D eigenvalue weighted by atomic mass is 32.1. The van der Waals surface area contributed by atoms with Crippen LogP contribution >= 0.6 is 11.3 Å². The zero-order valence-corrected chi connectivity index (χ0v) is 32.9. The maximum atomic E-state index is 15.7. The van der Waals surface area contributed by atoms with Crippen LogP contribution < -0.4 is 15.5 Å². The Kier molecular flexibility index (Phi) is 9.24. The Morgan fingerprint density at radius 3 is 2.43 bits per heavy atom. The van der Waals surface area contributed by atoms with Crippen molar-refractivity contribution in [1.82, 2.24) is 30.4 Å². The van der Waals surface area contributed by atoms with Crippen molar-refractivity contribution < 1.29 is 45.1 Å². The Morgan fingerprint density at radius 2 is 1.70 bits per heavy atom. The summed E-state index contributed by atoms with van der Waals surface area (Å²) in [5.74, 6) is -9.88. The smallest absolute Gasteiger partial charge is 0.378 e. The molecule has 5 heterocycles. The van der Waals surface area contributed by atoms with Crippen molar-refractivity contribution in [2.45, 2.75) is 50.5 Å². The van der Waals surface area contributed by atoms with Gasteiger partial charge in [-0.2, -0.15) is 27.1 Å².